The van der Waals surface area contributed by atoms with E-state index in [4.69, 9.17) is 34.8 Å². The molecule has 0 atom stereocenters. The standard InChI is InChI=1S/C25H24Cl3N3O5S2/c26-19-3-1-17(2-4-19)16-37(33,34)31-11-9-18(10-12-31)25(32)29-22-5-7-24(8-6-22)38(35,36)30-23-14-20(27)13-21(28)15-23/h1-8,13-15,18,30H,9-12,16H2,(H,29,32). The second kappa shape index (κ2) is 11.8. The van der Waals surface area contributed by atoms with E-state index in [1.54, 1.807) is 24.3 Å². The van der Waals surface area contributed by atoms with Crippen LogP contribution in [0.25, 0.3) is 0 Å². The van der Waals surface area contributed by atoms with Crippen LogP contribution in [-0.2, 0) is 30.6 Å². The van der Waals surface area contributed by atoms with Gasteiger partial charge in [0.1, 0.15) is 0 Å². The second-order valence-corrected chi connectivity index (χ2v) is 13.8. The van der Waals surface area contributed by atoms with Crippen LogP contribution in [0.2, 0.25) is 15.1 Å². The number of nitrogens with one attached hydrogen (secondary N) is 2. The zero-order chi connectivity index (χ0) is 27.5. The third kappa shape index (κ3) is 7.40. The highest BCUT2D eigenvalue weighted by molar-refractivity contribution is 7.92. The molecule has 0 unspecified atom stereocenters. The number of anilines is 2. The quantitative estimate of drug-likeness (QED) is 0.341. The summed E-state index contributed by atoms with van der Waals surface area (Å²) in [4.78, 5) is 12.8. The minimum atomic E-state index is -3.91. The molecule has 1 aliphatic rings. The average molecular weight is 617 g/mol. The van der Waals surface area contributed by atoms with Crippen molar-refractivity contribution in [1.82, 2.24) is 4.31 Å². The molecule has 1 saturated heterocycles. The van der Waals surface area contributed by atoms with E-state index in [1.165, 1.54) is 46.8 Å². The van der Waals surface area contributed by atoms with Crippen molar-refractivity contribution < 1.29 is 21.6 Å². The van der Waals surface area contributed by atoms with Crippen molar-refractivity contribution in [2.75, 3.05) is 23.1 Å². The predicted molar refractivity (Wildman–Crippen MR) is 151 cm³/mol. The summed E-state index contributed by atoms with van der Waals surface area (Å²) in [5.74, 6) is -0.744. The lowest BCUT2D eigenvalue weighted by atomic mass is 9.97. The highest BCUT2D eigenvalue weighted by Gasteiger charge is 2.31. The van der Waals surface area contributed by atoms with Gasteiger partial charge in [0.05, 0.1) is 16.3 Å². The second-order valence-electron chi connectivity index (χ2n) is 8.83. The van der Waals surface area contributed by atoms with Gasteiger partial charge in [-0.25, -0.2) is 21.1 Å². The summed E-state index contributed by atoms with van der Waals surface area (Å²) in [7, 11) is -7.43. The van der Waals surface area contributed by atoms with Crippen molar-refractivity contribution in [2.45, 2.75) is 23.5 Å². The van der Waals surface area contributed by atoms with Crippen LogP contribution < -0.4 is 10.0 Å². The third-order valence-electron chi connectivity index (χ3n) is 6.03. The number of carbonyl (C=O) groups excluding carboxylic acids is 1. The molecule has 0 radical (unpaired) electrons. The molecule has 0 spiro atoms. The fourth-order valence-electron chi connectivity index (χ4n) is 4.07. The Morgan fingerprint density at radius 2 is 1.37 bits per heavy atom. The van der Waals surface area contributed by atoms with Gasteiger partial charge in [0.25, 0.3) is 10.0 Å². The van der Waals surface area contributed by atoms with E-state index in [1.807, 2.05) is 0 Å². The third-order valence-corrected chi connectivity index (χ3v) is 9.96. The fraction of sp³-hybridized carbons (Fsp3) is 0.240. The SMILES string of the molecule is O=C(Nc1ccc(S(=O)(=O)Nc2cc(Cl)cc(Cl)c2)cc1)C1CCN(S(=O)(=O)Cc2ccc(Cl)cc2)CC1. The Balaban J connectivity index is 1.32. The Labute approximate surface area is 237 Å². The van der Waals surface area contributed by atoms with Gasteiger partial charge >= 0.3 is 0 Å². The topological polar surface area (TPSA) is 113 Å². The molecular weight excluding hydrogens is 593 g/mol. The summed E-state index contributed by atoms with van der Waals surface area (Å²) in [5, 5.41) is 3.90. The lowest BCUT2D eigenvalue weighted by Crippen LogP contribution is -2.41. The first kappa shape index (κ1) is 28.7. The normalized spacial score (nSPS) is 15.2. The molecule has 2 N–H and O–H groups in total. The van der Waals surface area contributed by atoms with Crippen LogP contribution in [0.3, 0.4) is 0 Å². The van der Waals surface area contributed by atoms with Crippen LogP contribution in [0.15, 0.2) is 71.6 Å². The number of carbonyl (C=O) groups is 1. The van der Waals surface area contributed by atoms with Crippen molar-refractivity contribution in [3.63, 3.8) is 0 Å². The van der Waals surface area contributed by atoms with Crippen LogP contribution >= 0.6 is 34.8 Å². The summed E-state index contributed by atoms with van der Waals surface area (Å²) in [6.45, 7) is 0.481. The van der Waals surface area contributed by atoms with Crippen molar-refractivity contribution in [3.05, 3.63) is 87.4 Å². The van der Waals surface area contributed by atoms with Crippen molar-refractivity contribution in [2.24, 2.45) is 5.92 Å². The molecule has 4 rings (SSSR count). The first-order valence-corrected chi connectivity index (χ1v) is 15.8. The number of nitrogens with zero attached hydrogens (tertiary/aromatic N) is 1. The van der Waals surface area contributed by atoms with Crippen LogP contribution in [-0.4, -0.2) is 40.1 Å². The molecule has 3 aromatic rings. The number of hydrogen-bond acceptors (Lipinski definition) is 5. The molecule has 3 aromatic carbocycles. The Morgan fingerprint density at radius 3 is 1.95 bits per heavy atom. The number of rotatable bonds is 8. The molecule has 1 fully saturated rings. The summed E-state index contributed by atoms with van der Waals surface area (Å²) >= 11 is 17.7. The van der Waals surface area contributed by atoms with Crippen molar-refractivity contribution in [3.8, 4) is 0 Å². The molecule has 1 aliphatic heterocycles. The molecule has 202 valence electrons. The van der Waals surface area contributed by atoms with Crippen molar-refractivity contribution >= 4 is 72.1 Å². The number of halogens is 3. The van der Waals surface area contributed by atoms with Gasteiger partial charge in [-0.1, -0.05) is 46.9 Å². The Bertz CT molecular complexity index is 1500. The van der Waals surface area contributed by atoms with E-state index in [0.717, 1.165) is 0 Å². The van der Waals surface area contributed by atoms with Gasteiger partial charge in [0.2, 0.25) is 15.9 Å². The molecule has 1 heterocycles. The maximum atomic E-state index is 12.8. The maximum absolute atomic E-state index is 12.8. The molecule has 0 aliphatic carbocycles. The summed E-state index contributed by atoms with van der Waals surface area (Å²) in [6.07, 6.45) is 0.758. The lowest BCUT2D eigenvalue weighted by molar-refractivity contribution is -0.120. The van der Waals surface area contributed by atoms with Crippen molar-refractivity contribution in [1.29, 1.82) is 0 Å². The minimum Gasteiger partial charge on any atom is -0.326 e. The van der Waals surface area contributed by atoms with Gasteiger partial charge in [-0.3, -0.25) is 9.52 Å². The zero-order valence-corrected chi connectivity index (χ0v) is 23.8. The predicted octanol–water partition coefficient (Wildman–Crippen LogP) is 5.63. The van der Waals surface area contributed by atoms with Gasteiger partial charge in [-0.05, 0) is 73.0 Å². The fourth-order valence-corrected chi connectivity index (χ4v) is 7.32. The number of piperidine rings is 1. The van der Waals surface area contributed by atoms with Gasteiger partial charge < -0.3 is 5.32 Å². The van der Waals surface area contributed by atoms with Crippen LogP contribution in [0.5, 0.6) is 0 Å². The van der Waals surface area contributed by atoms with E-state index in [2.05, 4.69) is 10.0 Å². The maximum Gasteiger partial charge on any atom is 0.261 e. The number of sulfonamides is 2. The lowest BCUT2D eigenvalue weighted by Gasteiger charge is -2.30. The molecule has 0 bridgehead atoms. The molecular formula is C25H24Cl3N3O5S2. The first-order valence-electron chi connectivity index (χ1n) is 11.5. The smallest absolute Gasteiger partial charge is 0.261 e. The minimum absolute atomic E-state index is 0.00852. The Hall–Kier alpha value is -2.34. The van der Waals surface area contributed by atoms with E-state index in [9.17, 15) is 21.6 Å². The average Bonchev–Trinajstić information content (AvgIpc) is 2.85. The number of amides is 1. The van der Waals surface area contributed by atoms with Gasteiger partial charge in [-0.15, -0.1) is 0 Å². The van der Waals surface area contributed by atoms with E-state index in [-0.39, 0.29) is 41.3 Å². The summed E-state index contributed by atoms with van der Waals surface area (Å²) in [5.41, 5.74) is 1.30. The Morgan fingerprint density at radius 1 is 0.789 bits per heavy atom. The monoisotopic (exact) mass is 615 g/mol. The van der Waals surface area contributed by atoms with Gasteiger partial charge in [0.15, 0.2) is 0 Å². The molecule has 38 heavy (non-hydrogen) atoms. The number of hydrogen-bond donors (Lipinski definition) is 2. The molecule has 13 heteroatoms. The first-order chi connectivity index (χ1) is 17.9. The molecule has 8 nitrogen and oxygen atoms in total. The van der Waals surface area contributed by atoms with Crippen LogP contribution in [0, 0.1) is 5.92 Å². The van der Waals surface area contributed by atoms with Gasteiger partial charge in [0, 0.05) is 39.8 Å². The summed E-state index contributed by atoms with van der Waals surface area (Å²) < 4.78 is 54.8. The largest absolute Gasteiger partial charge is 0.326 e. The highest BCUT2D eigenvalue weighted by Crippen LogP contribution is 2.26. The van der Waals surface area contributed by atoms with E-state index < -0.39 is 20.0 Å². The van der Waals surface area contributed by atoms with Crippen LogP contribution in [0.1, 0.15) is 18.4 Å². The zero-order valence-electron chi connectivity index (χ0n) is 19.9. The van der Waals surface area contributed by atoms with Gasteiger partial charge in [-0.2, -0.15) is 0 Å². The number of benzene rings is 3. The van der Waals surface area contributed by atoms with E-state index >= 15 is 0 Å². The molecule has 0 aromatic heterocycles. The Kier molecular flexibility index (Phi) is 8.91. The van der Waals surface area contributed by atoms with Crippen LogP contribution in [0.4, 0.5) is 11.4 Å². The molecule has 1 amide bonds. The van der Waals surface area contributed by atoms with E-state index in [0.29, 0.717) is 39.2 Å². The molecule has 0 saturated carbocycles. The highest BCUT2D eigenvalue weighted by atomic mass is 35.5. The summed E-state index contributed by atoms with van der Waals surface area (Å²) in [6, 6.07) is 16.7.